The number of methoxy groups -OCH3 is 1. The van der Waals surface area contributed by atoms with Gasteiger partial charge in [0, 0.05) is 48.9 Å². The number of piperidine rings is 1. The van der Waals surface area contributed by atoms with Crippen molar-refractivity contribution in [3.63, 3.8) is 0 Å². The summed E-state index contributed by atoms with van der Waals surface area (Å²) in [5.41, 5.74) is 3.14. The minimum absolute atomic E-state index is 0.0550. The molecule has 1 aliphatic rings. The minimum Gasteiger partial charge on any atom is -0.375 e. The molecule has 1 saturated heterocycles. The van der Waals surface area contributed by atoms with Gasteiger partial charge in [-0.15, -0.1) is 0 Å². The molecule has 0 N–H and O–H groups in total. The molecule has 4 nitrogen and oxygen atoms in total. The normalized spacial score (nSPS) is 17.5. The maximum absolute atomic E-state index is 12.1. The lowest BCUT2D eigenvalue weighted by Crippen LogP contribution is -2.41. The van der Waals surface area contributed by atoms with Gasteiger partial charge in [0.2, 0.25) is 5.91 Å². The molecule has 1 aromatic heterocycles. The van der Waals surface area contributed by atoms with Gasteiger partial charge in [0.1, 0.15) is 6.61 Å². The number of halogens is 1. The van der Waals surface area contributed by atoms with Crippen LogP contribution in [-0.2, 0) is 16.0 Å². The number of hydrogen-bond donors (Lipinski definition) is 0. The van der Waals surface area contributed by atoms with Crippen LogP contribution in [0.1, 0.15) is 35.7 Å². The van der Waals surface area contributed by atoms with E-state index < -0.39 is 0 Å². The number of likely N-dealkylation sites (tertiary alicyclic amines) is 1. The van der Waals surface area contributed by atoms with Crippen molar-refractivity contribution in [3.8, 4) is 0 Å². The highest BCUT2D eigenvalue weighted by molar-refractivity contribution is 6.31. The van der Waals surface area contributed by atoms with Crippen molar-refractivity contribution in [1.82, 2.24) is 9.88 Å². The molecule has 1 amide bonds. The Hall–Kier alpha value is -1.91. The molecule has 1 atom stereocenters. The lowest BCUT2D eigenvalue weighted by molar-refractivity contribution is -0.136. The van der Waals surface area contributed by atoms with Gasteiger partial charge in [-0.3, -0.25) is 9.78 Å². The van der Waals surface area contributed by atoms with Gasteiger partial charge in [0.15, 0.2) is 0 Å². The zero-order valence-electron chi connectivity index (χ0n) is 14.5. The molecular formula is C20H23ClN2O2. The first-order valence-electron chi connectivity index (χ1n) is 8.63. The Balaban J connectivity index is 1.72. The summed E-state index contributed by atoms with van der Waals surface area (Å²) in [6, 6.07) is 14.0. The third kappa shape index (κ3) is 4.59. The molecule has 25 heavy (non-hydrogen) atoms. The van der Waals surface area contributed by atoms with E-state index in [4.69, 9.17) is 21.3 Å². The number of hydrogen-bond acceptors (Lipinski definition) is 3. The quantitative estimate of drug-likeness (QED) is 0.818. The number of amides is 1. The molecule has 2 heterocycles. The molecule has 0 saturated carbocycles. The van der Waals surface area contributed by atoms with Gasteiger partial charge in [-0.2, -0.15) is 0 Å². The average Bonchev–Trinajstić information content (AvgIpc) is 2.64. The third-order valence-electron chi connectivity index (χ3n) is 4.62. The van der Waals surface area contributed by atoms with Crippen molar-refractivity contribution in [1.29, 1.82) is 0 Å². The topological polar surface area (TPSA) is 42.4 Å². The maximum atomic E-state index is 12.1. The molecule has 3 rings (SSSR count). The van der Waals surface area contributed by atoms with E-state index in [9.17, 15) is 4.79 Å². The molecule has 2 aromatic rings. The summed E-state index contributed by atoms with van der Waals surface area (Å²) in [5.74, 6) is 0.333. The fourth-order valence-electron chi connectivity index (χ4n) is 3.32. The third-order valence-corrected chi connectivity index (χ3v) is 4.99. The number of pyridine rings is 1. The largest absolute Gasteiger partial charge is 0.375 e. The smallest absolute Gasteiger partial charge is 0.248 e. The average molecular weight is 359 g/mol. The number of ether oxygens (including phenoxy) is 1. The van der Waals surface area contributed by atoms with Gasteiger partial charge in [0.05, 0.1) is 0 Å². The van der Waals surface area contributed by atoms with Gasteiger partial charge < -0.3 is 9.64 Å². The van der Waals surface area contributed by atoms with Gasteiger partial charge in [-0.25, -0.2) is 0 Å². The first-order valence-corrected chi connectivity index (χ1v) is 9.01. The summed E-state index contributed by atoms with van der Waals surface area (Å²) in [5, 5.41) is 0.767. The van der Waals surface area contributed by atoms with Gasteiger partial charge in [0.25, 0.3) is 0 Å². The van der Waals surface area contributed by atoms with E-state index in [1.807, 2.05) is 41.3 Å². The number of rotatable bonds is 5. The molecule has 0 radical (unpaired) electrons. The molecule has 1 fully saturated rings. The first kappa shape index (κ1) is 17.9. The highest BCUT2D eigenvalue weighted by Gasteiger charge is 2.25. The van der Waals surface area contributed by atoms with Gasteiger partial charge >= 0.3 is 0 Å². The number of carbonyl (C=O) groups excluding carboxylic acids is 1. The van der Waals surface area contributed by atoms with E-state index in [1.54, 1.807) is 7.11 Å². The molecule has 1 unspecified atom stereocenters. The molecule has 1 aromatic carbocycles. The van der Waals surface area contributed by atoms with Crippen molar-refractivity contribution >= 4 is 17.5 Å². The Morgan fingerprint density at radius 3 is 2.92 bits per heavy atom. The van der Waals surface area contributed by atoms with Crippen molar-refractivity contribution in [2.45, 2.75) is 25.2 Å². The van der Waals surface area contributed by atoms with E-state index in [1.165, 1.54) is 0 Å². The number of carbonyl (C=O) groups is 1. The lowest BCUT2D eigenvalue weighted by atomic mass is 9.94. The van der Waals surface area contributed by atoms with Crippen LogP contribution in [-0.4, -0.2) is 42.6 Å². The summed E-state index contributed by atoms with van der Waals surface area (Å²) in [7, 11) is 1.55. The second-order valence-electron chi connectivity index (χ2n) is 6.43. The molecule has 0 bridgehead atoms. The predicted octanol–water partition coefficient (Wildman–Crippen LogP) is 3.68. The zero-order valence-corrected chi connectivity index (χ0v) is 15.2. The highest BCUT2D eigenvalue weighted by Crippen LogP contribution is 2.26. The summed E-state index contributed by atoms with van der Waals surface area (Å²) in [4.78, 5) is 18.8. The van der Waals surface area contributed by atoms with Crippen molar-refractivity contribution in [2.75, 3.05) is 26.8 Å². The maximum Gasteiger partial charge on any atom is 0.248 e. The fourth-order valence-corrected chi connectivity index (χ4v) is 3.52. The Labute approximate surface area is 153 Å². The molecule has 0 aliphatic carbocycles. The van der Waals surface area contributed by atoms with Crippen molar-refractivity contribution in [3.05, 3.63) is 64.4 Å². The minimum atomic E-state index is 0.0550. The Bertz CT molecular complexity index is 735. The van der Waals surface area contributed by atoms with Crippen LogP contribution >= 0.6 is 11.6 Å². The van der Waals surface area contributed by atoms with E-state index in [0.29, 0.717) is 13.0 Å². The molecular weight excluding hydrogens is 336 g/mol. The van der Waals surface area contributed by atoms with E-state index in [-0.39, 0.29) is 18.4 Å². The monoisotopic (exact) mass is 358 g/mol. The van der Waals surface area contributed by atoms with Crippen molar-refractivity contribution < 1.29 is 9.53 Å². The van der Waals surface area contributed by atoms with E-state index >= 15 is 0 Å². The summed E-state index contributed by atoms with van der Waals surface area (Å²) in [6.45, 7) is 1.66. The SMILES string of the molecule is COCC(=O)N1CCCC(c2cccc(Cc3ccccc3Cl)n2)C1. The van der Waals surface area contributed by atoms with Crippen LogP contribution in [0.5, 0.6) is 0 Å². The van der Waals surface area contributed by atoms with Crippen LogP contribution in [0.25, 0.3) is 0 Å². The number of aromatic nitrogens is 1. The van der Waals surface area contributed by atoms with Crippen LogP contribution in [0, 0.1) is 0 Å². The van der Waals surface area contributed by atoms with Crippen LogP contribution < -0.4 is 0 Å². The summed E-state index contributed by atoms with van der Waals surface area (Å²) < 4.78 is 4.98. The number of benzene rings is 1. The van der Waals surface area contributed by atoms with Gasteiger partial charge in [-0.1, -0.05) is 35.9 Å². The van der Waals surface area contributed by atoms with Crippen LogP contribution in [0.4, 0.5) is 0 Å². The lowest BCUT2D eigenvalue weighted by Gasteiger charge is -2.32. The first-order chi connectivity index (χ1) is 12.2. The molecule has 1 aliphatic heterocycles. The van der Waals surface area contributed by atoms with E-state index in [2.05, 4.69) is 6.07 Å². The fraction of sp³-hybridized carbons (Fsp3) is 0.400. The summed E-state index contributed by atoms with van der Waals surface area (Å²) in [6.07, 6.45) is 2.77. The van der Waals surface area contributed by atoms with Gasteiger partial charge in [-0.05, 0) is 36.6 Å². The highest BCUT2D eigenvalue weighted by atomic mass is 35.5. The van der Waals surface area contributed by atoms with E-state index in [0.717, 1.165) is 41.4 Å². The molecule has 132 valence electrons. The summed E-state index contributed by atoms with van der Waals surface area (Å²) >= 11 is 6.26. The molecule has 5 heteroatoms. The Morgan fingerprint density at radius 1 is 1.28 bits per heavy atom. The second kappa shape index (κ2) is 8.45. The zero-order chi connectivity index (χ0) is 17.6. The Kier molecular flexibility index (Phi) is 6.05. The molecule has 0 spiro atoms. The van der Waals surface area contributed by atoms with Crippen LogP contribution in [0.2, 0.25) is 5.02 Å². The van der Waals surface area contributed by atoms with Crippen LogP contribution in [0.3, 0.4) is 0 Å². The number of nitrogens with zero attached hydrogens (tertiary/aromatic N) is 2. The Morgan fingerprint density at radius 2 is 2.12 bits per heavy atom. The second-order valence-corrected chi connectivity index (χ2v) is 6.84. The standard InChI is InChI=1S/C20H23ClN2O2/c1-25-14-20(24)23-11-5-7-16(13-23)19-10-4-8-17(22-19)12-15-6-2-3-9-18(15)21/h2-4,6,8-10,16H,5,7,11-14H2,1H3. The van der Waals surface area contributed by atoms with Crippen LogP contribution in [0.15, 0.2) is 42.5 Å². The van der Waals surface area contributed by atoms with Crippen molar-refractivity contribution in [2.24, 2.45) is 0 Å². The predicted molar refractivity (Wildman–Crippen MR) is 98.9 cm³/mol.